The fraction of sp³-hybridized carbons (Fsp3) is 0.233. The smallest absolute Gasteiger partial charge is 0.255 e. The Labute approximate surface area is 239 Å². The Morgan fingerprint density at radius 1 is 0.825 bits per heavy atom. The van der Waals surface area contributed by atoms with Crippen LogP contribution in [0.15, 0.2) is 83.8 Å². The van der Waals surface area contributed by atoms with Crippen molar-refractivity contribution in [2.45, 2.75) is 11.8 Å². The number of rotatable bonds is 7. The molecule has 1 amide bonds. The van der Waals surface area contributed by atoms with E-state index in [-0.39, 0.29) is 37.0 Å². The molecule has 40 heavy (non-hydrogen) atoms. The predicted molar refractivity (Wildman–Crippen MR) is 155 cm³/mol. The van der Waals surface area contributed by atoms with Crippen LogP contribution in [0.5, 0.6) is 11.5 Å². The third-order valence-corrected chi connectivity index (χ3v) is 9.32. The lowest BCUT2D eigenvalue weighted by molar-refractivity contribution is 0.0697. The van der Waals surface area contributed by atoms with E-state index in [1.54, 1.807) is 31.3 Å². The van der Waals surface area contributed by atoms with Crippen molar-refractivity contribution in [3.05, 3.63) is 95.1 Å². The minimum Gasteiger partial charge on any atom is -0.497 e. The standard InChI is InChI=1S/C30H30ClN3O5S/c1-21-28(30(35)32-15-17-33(18-16-32)40(36,37)27-13-9-23(31)10-14-27)20-29(22-7-11-25(38-2)12-8-22)34(21)24-5-4-6-26(19-24)39-3/h4-14,19-20H,15-18H2,1-3H3. The van der Waals surface area contributed by atoms with E-state index in [4.69, 9.17) is 21.1 Å². The Balaban J connectivity index is 1.44. The molecule has 1 aliphatic rings. The third-order valence-electron chi connectivity index (χ3n) is 7.15. The fourth-order valence-corrected chi connectivity index (χ4v) is 6.49. The quantitative estimate of drug-likeness (QED) is 0.298. The van der Waals surface area contributed by atoms with Crippen LogP contribution in [0.2, 0.25) is 5.02 Å². The SMILES string of the molecule is COc1ccc(-c2cc(C(=O)N3CCN(S(=O)(=O)c4ccc(Cl)cc4)CC3)c(C)n2-c2cccc(OC)c2)cc1. The average molecular weight is 580 g/mol. The molecule has 3 aromatic carbocycles. The van der Waals surface area contributed by atoms with Gasteiger partial charge in [-0.15, -0.1) is 0 Å². The summed E-state index contributed by atoms with van der Waals surface area (Å²) in [5, 5.41) is 0.472. The number of hydrogen-bond acceptors (Lipinski definition) is 5. The van der Waals surface area contributed by atoms with Crippen molar-refractivity contribution in [2.24, 2.45) is 0 Å². The van der Waals surface area contributed by atoms with Gasteiger partial charge in [0.2, 0.25) is 10.0 Å². The van der Waals surface area contributed by atoms with Gasteiger partial charge in [0.15, 0.2) is 0 Å². The number of ether oxygens (including phenoxy) is 2. The Kier molecular flexibility index (Phi) is 7.89. The number of nitrogens with zero attached hydrogens (tertiary/aromatic N) is 3. The van der Waals surface area contributed by atoms with Crippen molar-refractivity contribution >= 4 is 27.5 Å². The van der Waals surface area contributed by atoms with Gasteiger partial charge in [0.1, 0.15) is 11.5 Å². The maximum absolute atomic E-state index is 13.8. The van der Waals surface area contributed by atoms with Crippen LogP contribution in [0.4, 0.5) is 0 Å². The molecule has 4 aromatic rings. The molecule has 208 valence electrons. The molecule has 0 saturated carbocycles. The topological polar surface area (TPSA) is 81.1 Å². The van der Waals surface area contributed by atoms with Crippen LogP contribution in [0, 0.1) is 6.92 Å². The lowest BCUT2D eigenvalue weighted by Gasteiger charge is -2.34. The van der Waals surface area contributed by atoms with E-state index in [2.05, 4.69) is 0 Å². The number of carbonyl (C=O) groups is 1. The van der Waals surface area contributed by atoms with Crippen LogP contribution in [0.25, 0.3) is 16.9 Å². The van der Waals surface area contributed by atoms with Crippen molar-refractivity contribution < 1.29 is 22.7 Å². The highest BCUT2D eigenvalue weighted by atomic mass is 35.5. The maximum Gasteiger partial charge on any atom is 0.255 e. The number of methoxy groups -OCH3 is 2. The second-order valence-corrected chi connectivity index (χ2v) is 11.8. The lowest BCUT2D eigenvalue weighted by atomic mass is 10.1. The molecule has 1 fully saturated rings. The first kappa shape index (κ1) is 27.8. The average Bonchev–Trinajstić information content (AvgIpc) is 3.33. The molecule has 8 nitrogen and oxygen atoms in total. The van der Waals surface area contributed by atoms with Gasteiger partial charge in [0.05, 0.1) is 30.4 Å². The zero-order valence-corrected chi connectivity index (χ0v) is 24.1. The van der Waals surface area contributed by atoms with Crippen LogP contribution < -0.4 is 9.47 Å². The molecule has 0 spiro atoms. The molecule has 0 radical (unpaired) electrons. The zero-order chi connectivity index (χ0) is 28.4. The second-order valence-electron chi connectivity index (χ2n) is 9.44. The predicted octanol–water partition coefficient (Wildman–Crippen LogP) is 5.27. The highest BCUT2D eigenvalue weighted by molar-refractivity contribution is 7.89. The summed E-state index contributed by atoms with van der Waals surface area (Å²) in [6, 6.07) is 23.4. The molecule has 5 rings (SSSR count). The van der Waals surface area contributed by atoms with Gasteiger partial charge in [-0.3, -0.25) is 4.79 Å². The Bertz CT molecular complexity index is 1630. The van der Waals surface area contributed by atoms with Crippen LogP contribution in [-0.4, -0.2) is 68.5 Å². The maximum atomic E-state index is 13.8. The summed E-state index contributed by atoms with van der Waals surface area (Å²) < 4.78 is 40.5. The van der Waals surface area contributed by atoms with Gasteiger partial charge in [-0.25, -0.2) is 8.42 Å². The normalized spacial score (nSPS) is 14.2. The van der Waals surface area contributed by atoms with Gasteiger partial charge in [-0.2, -0.15) is 4.31 Å². The number of benzene rings is 3. The number of aromatic nitrogens is 1. The summed E-state index contributed by atoms with van der Waals surface area (Å²) in [6.07, 6.45) is 0. The van der Waals surface area contributed by atoms with Crippen molar-refractivity contribution in [2.75, 3.05) is 40.4 Å². The number of hydrogen-bond donors (Lipinski definition) is 0. The van der Waals surface area contributed by atoms with Crippen LogP contribution in [0.1, 0.15) is 16.1 Å². The minimum atomic E-state index is -3.68. The first-order chi connectivity index (χ1) is 19.2. The summed E-state index contributed by atoms with van der Waals surface area (Å²) in [7, 11) is -0.438. The van der Waals surface area contributed by atoms with Gasteiger partial charge < -0.3 is 18.9 Å². The first-order valence-corrected chi connectivity index (χ1v) is 14.6. The van der Waals surface area contributed by atoms with Crippen molar-refractivity contribution in [3.8, 4) is 28.4 Å². The van der Waals surface area contributed by atoms with E-state index < -0.39 is 10.0 Å². The molecule has 1 aliphatic heterocycles. The minimum absolute atomic E-state index is 0.141. The molecule has 2 heterocycles. The molecule has 0 atom stereocenters. The highest BCUT2D eigenvalue weighted by Gasteiger charge is 2.32. The monoisotopic (exact) mass is 579 g/mol. The van der Waals surface area contributed by atoms with E-state index in [9.17, 15) is 13.2 Å². The van der Waals surface area contributed by atoms with E-state index in [0.717, 1.165) is 28.4 Å². The van der Waals surface area contributed by atoms with Crippen LogP contribution >= 0.6 is 11.6 Å². The zero-order valence-electron chi connectivity index (χ0n) is 22.5. The number of piperazine rings is 1. The molecule has 10 heteroatoms. The number of halogens is 1. The first-order valence-electron chi connectivity index (χ1n) is 12.8. The van der Waals surface area contributed by atoms with Gasteiger partial charge in [0.25, 0.3) is 5.91 Å². The summed E-state index contributed by atoms with van der Waals surface area (Å²) in [4.78, 5) is 15.7. The van der Waals surface area contributed by atoms with E-state index >= 15 is 0 Å². The third kappa shape index (κ3) is 5.32. The molecule has 0 unspecified atom stereocenters. The molecule has 0 bridgehead atoms. The molecule has 1 aromatic heterocycles. The Hall–Kier alpha value is -3.79. The largest absolute Gasteiger partial charge is 0.497 e. The number of sulfonamides is 1. The van der Waals surface area contributed by atoms with E-state index in [1.165, 1.54) is 16.4 Å². The van der Waals surface area contributed by atoms with Crippen molar-refractivity contribution in [3.63, 3.8) is 0 Å². The Morgan fingerprint density at radius 3 is 2.10 bits per heavy atom. The molecular weight excluding hydrogens is 550 g/mol. The summed E-state index contributed by atoms with van der Waals surface area (Å²) in [5.74, 6) is 1.30. The van der Waals surface area contributed by atoms with E-state index in [1.807, 2.05) is 66.1 Å². The van der Waals surface area contributed by atoms with Gasteiger partial charge >= 0.3 is 0 Å². The lowest BCUT2D eigenvalue weighted by Crippen LogP contribution is -2.50. The van der Waals surface area contributed by atoms with Crippen molar-refractivity contribution in [1.29, 1.82) is 0 Å². The van der Waals surface area contributed by atoms with Gasteiger partial charge in [-0.1, -0.05) is 17.7 Å². The molecule has 0 N–H and O–H groups in total. The summed E-state index contributed by atoms with van der Waals surface area (Å²) in [6.45, 7) is 2.90. The van der Waals surface area contributed by atoms with Crippen molar-refractivity contribution in [1.82, 2.24) is 13.8 Å². The number of amides is 1. The van der Waals surface area contributed by atoms with E-state index in [0.29, 0.717) is 16.3 Å². The second kappa shape index (κ2) is 11.4. The Morgan fingerprint density at radius 2 is 1.48 bits per heavy atom. The van der Waals surface area contributed by atoms with Crippen LogP contribution in [0.3, 0.4) is 0 Å². The number of carbonyl (C=O) groups excluding carboxylic acids is 1. The molecular formula is C30H30ClN3O5S. The van der Waals surface area contributed by atoms with Gasteiger partial charge in [0, 0.05) is 48.6 Å². The summed E-state index contributed by atoms with van der Waals surface area (Å²) >= 11 is 5.93. The molecule has 1 saturated heterocycles. The van der Waals surface area contributed by atoms with Crippen LogP contribution in [-0.2, 0) is 10.0 Å². The van der Waals surface area contributed by atoms with Gasteiger partial charge in [-0.05, 0) is 79.2 Å². The summed E-state index contributed by atoms with van der Waals surface area (Å²) in [5.41, 5.74) is 3.97. The molecule has 0 aliphatic carbocycles. The highest BCUT2D eigenvalue weighted by Crippen LogP contribution is 2.33. The fourth-order valence-electron chi connectivity index (χ4n) is 4.94.